The molecule has 5 heteroatoms. The normalized spacial score (nSPS) is 10.5. The van der Waals surface area contributed by atoms with Crippen molar-refractivity contribution >= 4 is 5.91 Å². The minimum Gasteiger partial charge on any atom is -0.388 e. The Morgan fingerprint density at radius 1 is 1.45 bits per heavy atom. The SMILES string of the molecule is CC(=O)NC(C#N)=C(N)C#N. The van der Waals surface area contributed by atoms with E-state index < -0.39 is 5.91 Å². The summed E-state index contributed by atoms with van der Waals surface area (Å²) in [5.41, 5.74) is 4.56. The van der Waals surface area contributed by atoms with Gasteiger partial charge >= 0.3 is 0 Å². The maximum absolute atomic E-state index is 10.4. The summed E-state index contributed by atoms with van der Waals surface area (Å²) in [4.78, 5) is 10.4. The van der Waals surface area contributed by atoms with Gasteiger partial charge in [0.05, 0.1) is 0 Å². The van der Waals surface area contributed by atoms with Crippen LogP contribution in [0, 0.1) is 22.7 Å². The molecular formula is C6H6N4O. The number of nitrogens with zero attached hydrogens (tertiary/aromatic N) is 2. The maximum Gasteiger partial charge on any atom is 0.221 e. The van der Waals surface area contributed by atoms with Crippen LogP contribution in [0.3, 0.4) is 0 Å². The Labute approximate surface area is 63.7 Å². The molecule has 1 amide bonds. The molecule has 3 N–H and O–H groups in total. The molecule has 0 fully saturated rings. The molecule has 0 aliphatic heterocycles. The summed E-state index contributed by atoms with van der Waals surface area (Å²) in [6, 6.07) is 3.13. The van der Waals surface area contributed by atoms with Crippen LogP contribution < -0.4 is 11.1 Å². The quantitative estimate of drug-likeness (QED) is 0.484. The molecule has 11 heavy (non-hydrogen) atoms. The van der Waals surface area contributed by atoms with E-state index >= 15 is 0 Å². The Morgan fingerprint density at radius 3 is 2.27 bits per heavy atom. The number of carbonyl (C=O) groups excluding carboxylic acids is 1. The van der Waals surface area contributed by atoms with Crippen LogP contribution in [-0.4, -0.2) is 5.91 Å². The van der Waals surface area contributed by atoms with Gasteiger partial charge in [-0.2, -0.15) is 10.5 Å². The molecule has 0 aliphatic rings. The van der Waals surface area contributed by atoms with E-state index in [-0.39, 0.29) is 11.4 Å². The van der Waals surface area contributed by atoms with Crippen molar-refractivity contribution in [3.63, 3.8) is 0 Å². The Morgan fingerprint density at radius 2 is 2.00 bits per heavy atom. The molecule has 0 unspecified atom stereocenters. The average Bonchev–Trinajstić information content (AvgIpc) is 1.98. The zero-order valence-electron chi connectivity index (χ0n) is 5.88. The third-order valence-corrected chi connectivity index (χ3v) is 0.803. The Bertz CT molecular complexity index is 278. The number of allylic oxidation sites excluding steroid dienone is 2. The van der Waals surface area contributed by atoms with Crippen molar-refractivity contribution in [3.8, 4) is 12.1 Å². The summed E-state index contributed by atoms with van der Waals surface area (Å²) in [5, 5.41) is 18.6. The zero-order valence-corrected chi connectivity index (χ0v) is 5.88. The van der Waals surface area contributed by atoms with E-state index in [2.05, 4.69) is 5.32 Å². The van der Waals surface area contributed by atoms with Gasteiger partial charge in [-0.1, -0.05) is 0 Å². The monoisotopic (exact) mass is 150 g/mol. The van der Waals surface area contributed by atoms with Crippen molar-refractivity contribution in [3.05, 3.63) is 11.4 Å². The Kier molecular flexibility index (Phi) is 3.20. The van der Waals surface area contributed by atoms with Gasteiger partial charge < -0.3 is 11.1 Å². The average molecular weight is 150 g/mol. The Hall–Kier alpha value is -2.01. The van der Waals surface area contributed by atoms with Crippen LogP contribution in [-0.2, 0) is 4.79 Å². The molecule has 0 aromatic heterocycles. The lowest BCUT2D eigenvalue weighted by molar-refractivity contribution is -0.118. The highest BCUT2D eigenvalue weighted by Crippen LogP contribution is 1.90. The van der Waals surface area contributed by atoms with Crippen molar-refractivity contribution in [2.45, 2.75) is 6.92 Å². The van der Waals surface area contributed by atoms with Gasteiger partial charge in [-0.15, -0.1) is 0 Å². The molecule has 0 rings (SSSR count). The second-order valence-corrected chi connectivity index (χ2v) is 1.69. The molecule has 5 nitrogen and oxygen atoms in total. The summed E-state index contributed by atoms with van der Waals surface area (Å²) < 4.78 is 0. The molecule has 0 aromatic rings. The lowest BCUT2D eigenvalue weighted by Gasteiger charge is -1.97. The number of amides is 1. The second-order valence-electron chi connectivity index (χ2n) is 1.69. The van der Waals surface area contributed by atoms with Gasteiger partial charge in [-0.25, -0.2) is 0 Å². The molecule has 0 aromatic carbocycles. The van der Waals surface area contributed by atoms with E-state index in [1.54, 1.807) is 12.1 Å². The van der Waals surface area contributed by atoms with Gasteiger partial charge in [0.1, 0.15) is 17.8 Å². The van der Waals surface area contributed by atoms with Gasteiger partial charge in [0, 0.05) is 6.92 Å². The number of carbonyl (C=O) groups is 1. The smallest absolute Gasteiger partial charge is 0.221 e. The topological polar surface area (TPSA) is 103 Å². The Balaban J connectivity index is 4.60. The van der Waals surface area contributed by atoms with Crippen molar-refractivity contribution in [2.24, 2.45) is 5.73 Å². The molecule has 0 radical (unpaired) electrons. The van der Waals surface area contributed by atoms with Crippen LogP contribution in [0.2, 0.25) is 0 Å². The van der Waals surface area contributed by atoms with Crippen LogP contribution in [0.5, 0.6) is 0 Å². The van der Waals surface area contributed by atoms with E-state index in [1.807, 2.05) is 0 Å². The summed E-state index contributed by atoms with van der Waals surface area (Å²) in [5.74, 6) is -0.431. The van der Waals surface area contributed by atoms with Gasteiger partial charge in [-0.3, -0.25) is 4.79 Å². The largest absolute Gasteiger partial charge is 0.388 e. The minimum absolute atomic E-state index is 0.208. The fourth-order valence-electron chi connectivity index (χ4n) is 0.387. The molecule has 0 bridgehead atoms. The molecule has 0 saturated heterocycles. The highest BCUT2D eigenvalue weighted by atomic mass is 16.1. The molecule has 56 valence electrons. The first-order chi connectivity index (χ1) is 5.11. The van der Waals surface area contributed by atoms with E-state index in [4.69, 9.17) is 16.3 Å². The number of nitriles is 2. The number of nitrogens with two attached hydrogens (primary N) is 1. The molecular weight excluding hydrogens is 144 g/mol. The zero-order chi connectivity index (χ0) is 8.85. The number of hydrogen-bond donors (Lipinski definition) is 2. The molecule has 0 spiro atoms. The first kappa shape index (κ1) is 8.99. The highest BCUT2D eigenvalue weighted by molar-refractivity contribution is 5.76. The van der Waals surface area contributed by atoms with Gasteiger partial charge in [0.25, 0.3) is 0 Å². The second kappa shape index (κ2) is 3.91. The minimum atomic E-state index is -0.431. The summed E-state index contributed by atoms with van der Waals surface area (Å²) >= 11 is 0. The van der Waals surface area contributed by atoms with Crippen LogP contribution >= 0.6 is 0 Å². The van der Waals surface area contributed by atoms with E-state index in [1.165, 1.54) is 6.92 Å². The van der Waals surface area contributed by atoms with Crippen molar-refractivity contribution < 1.29 is 4.79 Å². The lowest BCUT2D eigenvalue weighted by atomic mass is 10.3. The summed E-state index contributed by atoms with van der Waals surface area (Å²) in [6.07, 6.45) is 0. The van der Waals surface area contributed by atoms with Gasteiger partial charge in [0.15, 0.2) is 5.70 Å². The lowest BCUT2D eigenvalue weighted by Crippen LogP contribution is -2.21. The van der Waals surface area contributed by atoms with Gasteiger partial charge in [-0.05, 0) is 0 Å². The van der Waals surface area contributed by atoms with Crippen LogP contribution in [0.25, 0.3) is 0 Å². The first-order valence-corrected chi connectivity index (χ1v) is 2.69. The summed E-state index contributed by atoms with van der Waals surface area (Å²) in [6.45, 7) is 1.22. The number of rotatable bonds is 1. The standard InChI is InChI=1S/C6H6N4O/c1-4(11)10-6(3-8)5(9)2-7/h9H2,1H3,(H,10,11). The fourth-order valence-corrected chi connectivity index (χ4v) is 0.387. The summed E-state index contributed by atoms with van der Waals surface area (Å²) in [7, 11) is 0. The molecule has 0 aliphatic carbocycles. The number of nitrogens with one attached hydrogen (secondary N) is 1. The molecule has 0 heterocycles. The third-order valence-electron chi connectivity index (χ3n) is 0.803. The van der Waals surface area contributed by atoms with Crippen LogP contribution in [0.15, 0.2) is 11.4 Å². The fraction of sp³-hybridized carbons (Fsp3) is 0.167. The predicted octanol–water partition coefficient (Wildman–Crippen LogP) is -0.660. The van der Waals surface area contributed by atoms with E-state index in [0.717, 1.165) is 0 Å². The van der Waals surface area contributed by atoms with Crippen LogP contribution in [0.4, 0.5) is 0 Å². The van der Waals surface area contributed by atoms with E-state index in [9.17, 15) is 4.79 Å². The van der Waals surface area contributed by atoms with Crippen LogP contribution in [0.1, 0.15) is 6.92 Å². The number of hydrogen-bond acceptors (Lipinski definition) is 4. The highest BCUT2D eigenvalue weighted by Gasteiger charge is 2.02. The van der Waals surface area contributed by atoms with Gasteiger partial charge in [0.2, 0.25) is 5.91 Å². The van der Waals surface area contributed by atoms with Crippen molar-refractivity contribution in [1.82, 2.24) is 5.32 Å². The first-order valence-electron chi connectivity index (χ1n) is 2.69. The predicted molar refractivity (Wildman–Crippen MR) is 36.3 cm³/mol. The third kappa shape index (κ3) is 2.87. The van der Waals surface area contributed by atoms with Crippen molar-refractivity contribution in [2.75, 3.05) is 0 Å². The molecule has 0 saturated carbocycles. The maximum atomic E-state index is 10.4. The molecule has 0 atom stereocenters. The van der Waals surface area contributed by atoms with Crippen molar-refractivity contribution in [1.29, 1.82) is 10.5 Å². The van der Waals surface area contributed by atoms with E-state index in [0.29, 0.717) is 0 Å².